The third-order valence-corrected chi connectivity index (χ3v) is 7.09. The highest BCUT2D eigenvalue weighted by Gasteiger charge is 2.49. The molecular weight excluding hydrogens is 435 g/mol. The molecule has 1 aromatic heterocycles. The molecule has 0 bridgehead atoms. The van der Waals surface area contributed by atoms with Crippen LogP contribution in [0.15, 0.2) is 24.3 Å². The van der Waals surface area contributed by atoms with Gasteiger partial charge in [0.05, 0.1) is 22.9 Å². The standard InChI is InChI=1S/C23H26F3N5O2/c1-15-9-20(29(2)28-15)21(33)31-12-17(13-32)22(14-31)5-7-30(8-6-22)18-4-3-16(11-27)19(10-18)23(24,25)26/h3-4,9-10,17,32H,5-8,12-14H2,1-2H3. The summed E-state index contributed by atoms with van der Waals surface area (Å²) in [6, 6.07) is 7.15. The molecule has 1 spiro atoms. The fraction of sp³-hybridized carbons (Fsp3) is 0.522. The van der Waals surface area contributed by atoms with E-state index in [-0.39, 0.29) is 23.8 Å². The summed E-state index contributed by atoms with van der Waals surface area (Å²) in [5.74, 6) is -0.220. The van der Waals surface area contributed by atoms with Crippen molar-refractivity contribution < 1.29 is 23.1 Å². The first-order valence-electron chi connectivity index (χ1n) is 10.8. The SMILES string of the molecule is Cc1cc(C(=O)N2CC(CO)C3(CCN(c4ccc(C#N)c(C(F)(F)F)c4)CC3)C2)n(C)n1. The van der Waals surface area contributed by atoms with E-state index >= 15 is 0 Å². The molecule has 2 fully saturated rings. The van der Waals surface area contributed by atoms with Crippen molar-refractivity contribution >= 4 is 11.6 Å². The Morgan fingerprint density at radius 1 is 1.30 bits per heavy atom. The van der Waals surface area contributed by atoms with Gasteiger partial charge in [0.2, 0.25) is 0 Å². The van der Waals surface area contributed by atoms with Gasteiger partial charge in [-0.2, -0.15) is 23.5 Å². The van der Waals surface area contributed by atoms with Crippen LogP contribution < -0.4 is 4.90 Å². The van der Waals surface area contributed by atoms with Gasteiger partial charge in [0, 0.05) is 51.4 Å². The summed E-state index contributed by atoms with van der Waals surface area (Å²) >= 11 is 0. The van der Waals surface area contributed by atoms with Crippen molar-refractivity contribution in [2.45, 2.75) is 25.9 Å². The summed E-state index contributed by atoms with van der Waals surface area (Å²) in [5.41, 5.74) is 0.0653. The minimum Gasteiger partial charge on any atom is -0.396 e. The molecule has 176 valence electrons. The van der Waals surface area contributed by atoms with Gasteiger partial charge in [-0.15, -0.1) is 0 Å². The number of rotatable bonds is 3. The molecule has 2 aliphatic rings. The zero-order valence-electron chi connectivity index (χ0n) is 18.6. The molecule has 10 heteroatoms. The lowest BCUT2D eigenvalue weighted by Crippen LogP contribution is -2.45. The van der Waals surface area contributed by atoms with E-state index in [4.69, 9.17) is 5.26 Å². The van der Waals surface area contributed by atoms with Gasteiger partial charge >= 0.3 is 6.18 Å². The van der Waals surface area contributed by atoms with Crippen molar-refractivity contribution in [2.75, 3.05) is 37.7 Å². The van der Waals surface area contributed by atoms with Gasteiger partial charge in [-0.25, -0.2) is 0 Å². The van der Waals surface area contributed by atoms with E-state index in [9.17, 15) is 23.1 Å². The molecule has 1 aromatic carbocycles. The quantitative estimate of drug-likeness (QED) is 0.760. The van der Waals surface area contributed by atoms with E-state index < -0.39 is 17.3 Å². The van der Waals surface area contributed by atoms with Crippen LogP contribution in [-0.2, 0) is 13.2 Å². The fourth-order valence-electron chi connectivity index (χ4n) is 5.25. The van der Waals surface area contributed by atoms with Crippen LogP contribution in [-0.4, -0.2) is 58.5 Å². The van der Waals surface area contributed by atoms with Crippen molar-refractivity contribution in [3.63, 3.8) is 0 Å². The summed E-state index contributed by atoms with van der Waals surface area (Å²) in [7, 11) is 1.72. The maximum atomic E-state index is 13.4. The molecule has 2 saturated heterocycles. The Bertz CT molecular complexity index is 1100. The third-order valence-electron chi connectivity index (χ3n) is 7.09. The molecule has 1 atom stereocenters. The maximum absolute atomic E-state index is 13.4. The predicted octanol–water partition coefficient (Wildman–Crippen LogP) is 2.97. The van der Waals surface area contributed by atoms with Crippen molar-refractivity contribution in [1.82, 2.24) is 14.7 Å². The molecule has 0 aliphatic carbocycles. The number of nitriles is 1. The van der Waals surface area contributed by atoms with Crippen LogP contribution in [0.25, 0.3) is 0 Å². The second-order valence-corrected chi connectivity index (χ2v) is 9.05. The topological polar surface area (TPSA) is 85.4 Å². The average molecular weight is 461 g/mol. The molecule has 1 N–H and O–H groups in total. The van der Waals surface area contributed by atoms with Gasteiger partial charge in [0.15, 0.2) is 0 Å². The monoisotopic (exact) mass is 461 g/mol. The number of alkyl halides is 3. The number of carbonyl (C=O) groups is 1. The van der Waals surface area contributed by atoms with E-state index in [1.54, 1.807) is 34.8 Å². The molecule has 4 rings (SSSR count). The summed E-state index contributed by atoms with van der Waals surface area (Å²) in [6.07, 6.45) is -3.31. The van der Waals surface area contributed by atoms with Crippen molar-refractivity contribution in [1.29, 1.82) is 5.26 Å². The highest BCUT2D eigenvalue weighted by molar-refractivity contribution is 5.93. The van der Waals surface area contributed by atoms with Crippen molar-refractivity contribution in [3.05, 3.63) is 46.8 Å². The first kappa shape index (κ1) is 23.1. The molecule has 3 heterocycles. The van der Waals surface area contributed by atoms with Crippen LogP contribution in [0.1, 0.15) is 40.2 Å². The number of carbonyl (C=O) groups excluding carboxylic acids is 1. The second-order valence-electron chi connectivity index (χ2n) is 9.05. The van der Waals surface area contributed by atoms with Crippen molar-refractivity contribution in [2.24, 2.45) is 18.4 Å². The maximum Gasteiger partial charge on any atom is 0.417 e. The second kappa shape index (κ2) is 8.37. The number of anilines is 1. The number of likely N-dealkylation sites (tertiary alicyclic amines) is 1. The number of amides is 1. The van der Waals surface area contributed by atoms with Crippen LogP contribution >= 0.6 is 0 Å². The Hall–Kier alpha value is -3.06. The van der Waals surface area contributed by atoms with Crippen molar-refractivity contribution in [3.8, 4) is 6.07 Å². The average Bonchev–Trinajstić information content (AvgIpc) is 3.31. The molecule has 0 radical (unpaired) electrons. The Kier molecular flexibility index (Phi) is 5.86. The number of aliphatic hydroxyl groups excluding tert-OH is 1. The third kappa shape index (κ3) is 4.17. The number of aliphatic hydroxyl groups is 1. The van der Waals surface area contributed by atoms with Crippen LogP contribution in [0.3, 0.4) is 0 Å². The number of nitrogens with zero attached hydrogens (tertiary/aromatic N) is 5. The largest absolute Gasteiger partial charge is 0.417 e. The number of aromatic nitrogens is 2. The minimum absolute atomic E-state index is 0.0523. The molecular formula is C23H26F3N5O2. The smallest absolute Gasteiger partial charge is 0.396 e. The summed E-state index contributed by atoms with van der Waals surface area (Å²) in [5, 5.41) is 23.3. The van der Waals surface area contributed by atoms with Gasteiger partial charge in [0.1, 0.15) is 5.69 Å². The molecule has 33 heavy (non-hydrogen) atoms. The molecule has 1 amide bonds. The Morgan fingerprint density at radius 3 is 2.55 bits per heavy atom. The van der Waals surface area contributed by atoms with Gasteiger partial charge in [-0.05, 0) is 49.4 Å². The van der Waals surface area contributed by atoms with E-state index in [2.05, 4.69) is 5.10 Å². The summed E-state index contributed by atoms with van der Waals surface area (Å²) in [6.45, 7) is 3.72. The van der Waals surface area contributed by atoms with Crippen LogP contribution in [0, 0.1) is 29.6 Å². The number of halogens is 3. The van der Waals surface area contributed by atoms with E-state index in [1.807, 2.05) is 11.8 Å². The molecule has 7 nitrogen and oxygen atoms in total. The van der Waals surface area contributed by atoms with Crippen LogP contribution in [0.5, 0.6) is 0 Å². The van der Waals surface area contributed by atoms with Crippen LogP contribution in [0.2, 0.25) is 0 Å². The molecule has 1 unspecified atom stereocenters. The predicted molar refractivity (Wildman–Crippen MR) is 114 cm³/mol. The van der Waals surface area contributed by atoms with Gasteiger partial charge in [0.25, 0.3) is 5.91 Å². The summed E-state index contributed by atoms with van der Waals surface area (Å²) in [4.78, 5) is 16.7. The number of piperidine rings is 1. The zero-order valence-corrected chi connectivity index (χ0v) is 18.6. The lowest BCUT2D eigenvalue weighted by molar-refractivity contribution is -0.137. The fourth-order valence-corrected chi connectivity index (χ4v) is 5.25. The lowest BCUT2D eigenvalue weighted by Gasteiger charge is -2.43. The minimum atomic E-state index is -4.60. The first-order chi connectivity index (χ1) is 15.6. The highest BCUT2D eigenvalue weighted by Crippen LogP contribution is 2.46. The lowest BCUT2D eigenvalue weighted by atomic mass is 9.71. The number of benzene rings is 1. The van der Waals surface area contributed by atoms with E-state index in [0.717, 1.165) is 11.8 Å². The Morgan fingerprint density at radius 2 is 2.00 bits per heavy atom. The highest BCUT2D eigenvalue weighted by atomic mass is 19.4. The van der Waals surface area contributed by atoms with Gasteiger partial charge in [-0.3, -0.25) is 9.48 Å². The number of hydrogen-bond acceptors (Lipinski definition) is 5. The molecule has 2 aliphatic heterocycles. The van der Waals surface area contributed by atoms with Crippen LogP contribution in [0.4, 0.5) is 18.9 Å². The summed E-state index contributed by atoms with van der Waals surface area (Å²) < 4.78 is 41.7. The number of aryl methyl sites for hydroxylation is 2. The van der Waals surface area contributed by atoms with Gasteiger partial charge < -0.3 is 14.9 Å². The number of hydrogen-bond donors (Lipinski definition) is 1. The zero-order chi connectivity index (χ0) is 24.0. The Balaban J connectivity index is 1.51. The molecule has 0 saturated carbocycles. The van der Waals surface area contributed by atoms with E-state index in [1.165, 1.54) is 6.07 Å². The Labute approximate surface area is 190 Å². The molecule has 2 aromatic rings. The normalized spacial score (nSPS) is 20.3. The van der Waals surface area contributed by atoms with Gasteiger partial charge in [-0.1, -0.05) is 0 Å². The van der Waals surface area contributed by atoms with E-state index in [0.29, 0.717) is 50.4 Å². The first-order valence-corrected chi connectivity index (χ1v) is 10.8.